The van der Waals surface area contributed by atoms with Crippen LogP contribution in [-0.4, -0.2) is 55.2 Å². The number of aliphatic carboxylic acids is 1. The molecule has 182 valence electrons. The minimum atomic E-state index is -1.38. The zero-order valence-corrected chi connectivity index (χ0v) is 19.0. The monoisotopic (exact) mass is 470 g/mol. The van der Waals surface area contributed by atoms with Crippen LogP contribution in [0.5, 0.6) is 0 Å². The highest BCUT2D eigenvalue weighted by atomic mass is 16.8. The molecule has 1 N–H and O–H groups in total. The van der Waals surface area contributed by atoms with Crippen molar-refractivity contribution in [2.75, 3.05) is 6.61 Å². The molecule has 2 aromatic rings. The second kappa shape index (κ2) is 11.1. The molecule has 2 saturated heterocycles. The highest BCUT2D eigenvalue weighted by molar-refractivity contribution is 5.73. The molecule has 9 heteroatoms. The first-order valence-electron chi connectivity index (χ1n) is 11.2. The number of hydrogen-bond donors (Lipinski definition) is 1. The Morgan fingerprint density at radius 1 is 1.09 bits per heavy atom. The van der Waals surface area contributed by atoms with E-state index in [0.717, 1.165) is 11.1 Å². The lowest BCUT2D eigenvalue weighted by Gasteiger charge is -2.49. The maximum Gasteiger partial charge on any atom is 0.217 e. The molecule has 7 atom stereocenters. The van der Waals surface area contributed by atoms with Gasteiger partial charge in [0, 0.05) is 12.5 Å². The van der Waals surface area contributed by atoms with Crippen LogP contribution in [-0.2, 0) is 39.9 Å². The van der Waals surface area contributed by atoms with E-state index in [4.69, 9.17) is 23.7 Å². The molecule has 9 nitrogen and oxygen atoms in total. The van der Waals surface area contributed by atoms with Crippen molar-refractivity contribution in [3.63, 3.8) is 0 Å². The summed E-state index contributed by atoms with van der Waals surface area (Å²) in [5.74, 6) is -1.72. The number of carbonyl (C=O) groups excluding carboxylic acids is 2. The van der Waals surface area contributed by atoms with Crippen molar-refractivity contribution in [1.82, 2.24) is 5.32 Å². The van der Waals surface area contributed by atoms with Crippen molar-refractivity contribution in [3.05, 3.63) is 71.8 Å². The van der Waals surface area contributed by atoms with E-state index >= 15 is 0 Å². The molecule has 0 aliphatic carbocycles. The van der Waals surface area contributed by atoms with E-state index in [1.54, 1.807) is 0 Å². The molecule has 34 heavy (non-hydrogen) atoms. The summed E-state index contributed by atoms with van der Waals surface area (Å²) in [5.41, 5.74) is 1.71. The SMILES string of the molecule is CC(=O)N[C@H]1[C@@H](OCc2ccccc2)O[C@@H]2CO[C@H](c3ccccc3)O[C@H]2[C@@H]1O[C@H](C)C(=O)[O-]. The predicted molar refractivity (Wildman–Crippen MR) is 117 cm³/mol. The van der Waals surface area contributed by atoms with Crippen LogP contribution in [0, 0.1) is 0 Å². The number of amides is 1. The maximum absolute atomic E-state index is 12.1. The third-order valence-corrected chi connectivity index (χ3v) is 5.73. The normalized spacial score (nSPS) is 29.6. The Morgan fingerprint density at radius 3 is 2.41 bits per heavy atom. The number of rotatable bonds is 8. The zero-order chi connectivity index (χ0) is 24.1. The van der Waals surface area contributed by atoms with Crippen molar-refractivity contribution < 1.29 is 38.4 Å². The number of carbonyl (C=O) groups is 2. The summed E-state index contributed by atoms with van der Waals surface area (Å²) in [5, 5.41) is 14.3. The summed E-state index contributed by atoms with van der Waals surface area (Å²) >= 11 is 0. The fourth-order valence-corrected chi connectivity index (χ4v) is 4.09. The van der Waals surface area contributed by atoms with E-state index in [1.165, 1.54) is 13.8 Å². The summed E-state index contributed by atoms with van der Waals surface area (Å²) in [6, 6.07) is 18.0. The molecule has 0 radical (unpaired) electrons. The van der Waals surface area contributed by atoms with Crippen molar-refractivity contribution in [3.8, 4) is 0 Å². The second-order valence-corrected chi connectivity index (χ2v) is 8.30. The van der Waals surface area contributed by atoms with Gasteiger partial charge in [0.15, 0.2) is 12.6 Å². The first kappa shape index (κ1) is 24.3. The Hall–Kier alpha value is -2.82. The number of benzene rings is 2. The highest BCUT2D eigenvalue weighted by Crippen LogP contribution is 2.36. The smallest absolute Gasteiger partial charge is 0.217 e. The van der Waals surface area contributed by atoms with Crippen LogP contribution in [0.4, 0.5) is 0 Å². The first-order chi connectivity index (χ1) is 16.4. The standard InChI is InChI=1S/C25H29NO8/c1-15(23(28)29)32-22-20(26-16(2)27)25(30-13-17-9-5-3-6-10-17)33-19-14-31-24(34-21(19)22)18-11-7-4-8-12-18/h3-12,15,19-22,24-25H,13-14H2,1-2H3,(H,26,27)(H,28,29)/p-1/t15-,19-,20-,21-,22-,24+,25+/m1/s1. The molecule has 4 rings (SSSR count). The number of fused-ring (bicyclic) bond motifs is 1. The molecule has 0 bridgehead atoms. The number of carboxylic acid groups (broad SMARTS) is 1. The van der Waals surface area contributed by atoms with Gasteiger partial charge >= 0.3 is 0 Å². The summed E-state index contributed by atoms with van der Waals surface area (Å²) < 4.78 is 30.1. The van der Waals surface area contributed by atoms with Gasteiger partial charge in [0.2, 0.25) is 5.91 Å². The van der Waals surface area contributed by atoms with E-state index in [-0.39, 0.29) is 19.1 Å². The predicted octanol–water partition coefficient (Wildman–Crippen LogP) is 1.07. The molecule has 2 aliphatic rings. The van der Waals surface area contributed by atoms with Crippen LogP contribution < -0.4 is 10.4 Å². The van der Waals surface area contributed by atoms with Crippen LogP contribution >= 0.6 is 0 Å². The molecule has 0 spiro atoms. The Bertz CT molecular complexity index is 956. The van der Waals surface area contributed by atoms with Crippen LogP contribution in [0.2, 0.25) is 0 Å². The van der Waals surface area contributed by atoms with Crippen molar-refractivity contribution in [1.29, 1.82) is 0 Å². The fraction of sp³-hybridized carbons (Fsp3) is 0.440. The van der Waals surface area contributed by atoms with Crippen LogP contribution in [0.25, 0.3) is 0 Å². The highest BCUT2D eigenvalue weighted by Gasteiger charge is 2.52. The summed E-state index contributed by atoms with van der Waals surface area (Å²) in [7, 11) is 0. The van der Waals surface area contributed by atoms with Crippen molar-refractivity contribution in [2.24, 2.45) is 0 Å². The minimum absolute atomic E-state index is 0.168. The minimum Gasteiger partial charge on any atom is -0.547 e. The summed E-state index contributed by atoms with van der Waals surface area (Å²) in [6.07, 6.45) is -5.11. The Balaban J connectivity index is 1.59. The van der Waals surface area contributed by atoms with Crippen molar-refractivity contribution >= 4 is 11.9 Å². The number of carboxylic acids is 1. The Labute approximate surface area is 197 Å². The molecular formula is C25H28NO8-. The Morgan fingerprint density at radius 2 is 1.76 bits per heavy atom. The van der Waals surface area contributed by atoms with Crippen LogP contribution in [0.3, 0.4) is 0 Å². The topological polar surface area (TPSA) is 115 Å². The van der Waals surface area contributed by atoms with E-state index in [0.29, 0.717) is 0 Å². The van der Waals surface area contributed by atoms with Gasteiger partial charge in [0.1, 0.15) is 24.4 Å². The Kier molecular flexibility index (Phi) is 7.91. The average Bonchev–Trinajstić information content (AvgIpc) is 2.84. The van der Waals surface area contributed by atoms with E-state index in [1.807, 2.05) is 60.7 Å². The number of nitrogens with one attached hydrogen (secondary N) is 1. The average molecular weight is 470 g/mol. The quantitative estimate of drug-likeness (QED) is 0.609. The van der Waals surface area contributed by atoms with Crippen LogP contribution in [0.1, 0.15) is 31.3 Å². The lowest BCUT2D eigenvalue weighted by atomic mass is 9.95. The fourth-order valence-electron chi connectivity index (χ4n) is 4.09. The van der Waals surface area contributed by atoms with Gasteiger partial charge in [0.25, 0.3) is 0 Å². The summed E-state index contributed by atoms with van der Waals surface area (Å²) in [4.78, 5) is 23.6. The summed E-state index contributed by atoms with van der Waals surface area (Å²) in [6.45, 7) is 3.12. The van der Waals surface area contributed by atoms with Crippen molar-refractivity contribution in [2.45, 2.75) is 63.5 Å². The lowest BCUT2D eigenvalue weighted by Crippen LogP contribution is -2.68. The van der Waals surface area contributed by atoms with Gasteiger partial charge in [-0.25, -0.2) is 0 Å². The van der Waals surface area contributed by atoms with E-state index in [9.17, 15) is 14.7 Å². The van der Waals surface area contributed by atoms with Gasteiger partial charge in [-0.3, -0.25) is 4.79 Å². The lowest BCUT2D eigenvalue weighted by molar-refractivity contribution is -0.358. The van der Waals surface area contributed by atoms with Gasteiger partial charge in [-0.15, -0.1) is 0 Å². The molecule has 1 amide bonds. The first-order valence-corrected chi connectivity index (χ1v) is 11.2. The maximum atomic E-state index is 12.1. The molecule has 0 unspecified atom stereocenters. The molecule has 0 saturated carbocycles. The molecular weight excluding hydrogens is 442 g/mol. The molecule has 0 aromatic heterocycles. The molecule has 2 fully saturated rings. The van der Waals surface area contributed by atoms with Gasteiger partial charge in [-0.05, 0) is 12.5 Å². The third kappa shape index (κ3) is 5.81. The molecule has 2 aliphatic heterocycles. The van der Waals surface area contributed by atoms with E-state index in [2.05, 4.69) is 5.32 Å². The third-order valence-electron chi connectivity index (χ3n) is 5.73. The van der Waals surface area contributed by atoms with Gasteiger partial charge in [-0.2, -0.15) is 0 Å². The van der Waals surface area contributed by atoms with Gasteiger partial charge < -0.3 is 38.9 Å². The van der Waals surface area contributed by atoms with Gasteiger partial charge in [-0.1, -0.05) is 60.7 Å². The second-order valence-electron chi connectivity index (χ2n) is 8.30. The number of ether oxygens (including phenoxy) is 5. The van der Waals surface area contributed by atoms with Crippen LogP contribution in [0.15, 0.2) is 60.7 Å². The molecule has 2 aromatic carbocycles. The zero-order valence-electron chi connectivity index (χ0n) is 19.0. The molecule has 2 heterocycles. The van der Waals surface area contributed by atoms with Gasteiger partial charge in [0.05, 0.1) is 25.3 Å². The largest absolute Gasteiger partial charge is 0.547 e. The number of hydrogen-bond acceptors (Lipinski definition) is 8. The van der Waals surface area contributed by atoms with E-state index < -0.39 is 49.0 Å².